The summed E-state index contributed by atoms with van der Waals surface area (Å²) in [5, 5.41) is 2.74. The maximum atomic E-state index is 12.3. The lowest BCUT2D eigenvalue weighted by Gasteiger charge is -2.14. The first-order valence-corrected chi connectivity index (χ1v) is 8.00. The van der Waals surface area contributed by atoms with Crippen molar-refractivity contribution in [3.05, 3.63) is 42.0 Å². The molecule has 1 aromatic carbocycles. The third-order valence-corrected chi connectivity index (χ3v) is 4.55. The number of rotatable bonds is 5. The first-order valence-electron chi connectivity index (χ1n) is 8.00. The second-order valence-electron chi connectivity index (χ2n) is 6.04. The zero-order valence-corrected chi connectivity index (χ0v) is 13.5. The third-order valence-electron chi connectivity index (χ3n) is 4.55. The maximum Gasteiger partial charge on any atom is 0.240 e. The van der Waals surface area contributed by atoms with Crippen LogP contribution in [0.2, 0.25) is 0 Å². The molecule has 6 heteroatoms. The number of allylic oxidation sites excluding steroid dienone is 2. The highest BCUT2D eigenvalue weighted by atomic mass is 16.5. The Morgan fingerprint density at radius 1 is 1.12 bits per heavy atom. The van der Waals surface area contributed by atoms with E-state index in [9.17, 15) is 14.4 Å². The monoisotopic (exact) mass is 328 g/mol. The molecular formula is C18H20N2O4. The molecule has 3 amide bonds. The number of hydrogen-bond acceptors (Lipinski definition) is 4. The van der Waals surface area contributed by atoms with Crippen LogP contribution in [-0.2, 0) is 20.9 Å². The highest BCUT2D eigenvalue weighted by Gasteiger charge is 2.47. The molecule has 0 spiro atoms. The van der Waals surface area contributed by atoms with E-state index in [1.165, 1.54) is 0 Å². The average molecular weight is 328 g/mol. The normalized spacial score (nSPS) is 22.5. The molecule has 6 nitrogen and oxygen atoms in total. The van der Waals surface area contributed by atoms with Gasteiger partial charge in [0.25, 0.3) is 0 Å². The number of methoxy groups -OCH3 is 1. The molecule has 0 bridgehead atoms. The first kappa shape index (κ1) is 16.2. The van der Waals surface area contributed by atoms with Crippen LogP contribution < -0.4 is 10.1 Å². The molecule has 0 aromatic heterocycles. The minimum absolute atomic E-state index is 0.208. The zero-order valence-electron chi connectivity index (χ0n) is 13.5. The molecule has 1 fully saturated rings. The summed E-state index contributed by atoms with van der Waals surface area (Å²) in [4.78, 5) is 37.8. The van der Waals surface area contributed by atoms with Crippen LogP contribution in [0, 0.1) is 11.8 Å². The molecule has 1 aliphatic heterocycles. The van der Waals surface area contributed by atoms with Gasteiger partial charge in [-0.15, -0.1) is 0 Å². The smallest absolute Gasteiger partial charge is 0.240 e. The Bertz CT molecular complexity index is 655. The molecule has 0 saturated carbocycles. The van der Waals surface area contributed by atoms with Crippen LogP contribution >= 0.6 is 0 Å². The van der Waals surface area contributed by atoms with Crippen molar-refractivity contribution in [3.8, 4) is 5.75 Å². The summed E-state index contributed by atoms with van der Waals surface area (Å²) in [5.74, 6) is -0.634. The van der Waals surface area contributed by atoms with Gasteiger partial charge in [-0.1, -0.05) is 24.3 Å². The second-order valence-corrected chi connectivity index (χ2v) is 6.04. The summed E-state index contributed by atoms with van der Waals surface area (Å²) in [5.41, 5.74) is 0.918. The van der Waals surface area contributed by atoms with E-state index in [4.69, 9.17) is 4.74 Å². The fourth-order valence-corrected chi connectivity index (χ4v) is 3.17. The Hall–Kier alpha value is -2.63. The van der Waals surface area contributed by atoms with Crippen molar-refractivity contribution in [2.45, 2.75) is 19.4 Å². The molecule has 0 radical (unpaired) electrons. The number of carbonyl (C=O) groups excluding carboxylic acids is 3. The van der Waals surface area contributed by atoms with Crippen molar-refractivity contribution >= 4 is 17.7 Å². The van der Waals surface area contributed by atoms with E-state index >= 15 is 0 Å². The van der Waals surface area contributed by atoms with Crippen molar-refractivity contribution in [3.63, 3.8) is 0 Å². The van der Waals surface area contributed by atoms with E-state index < -0.39 is 0 Å². The number of imide groups is 1. The van der Waals surface area contributed by atoms with Crippen molar-refractivity contribution in [2.75, 3.05) is 13.7 Å². The molecule has 1 heterocycles. The minimum Gasteiger partial charge on any atom is -0.497 e. The summed E-state index contributed by atoms with van der Waals surface area (Å²) in [7, 11) is 1.59. The first-order chi connectivity index (χ1) is 11.6. The fourth-order valence-electron chi connectivity index (χ4n) is 3.17. The topological polar surface area (TPSA) is 75.7 Å². The minimum atomic E-state index is -0.334. The van der Waals surface area contributed by atoms with Crippen LogP contribution in [0.1, 0.15) is 18.4 Å². The van der Waals surface area contributed by atoms with E-state index in [0.717, 1.165) is 16.2 Å². The van der Waals surface area contributed by atoms with Gasteiger partial charge in [0.05, 0.1) is 18.9 Å². The van der Waals surface area contributed by atoms with Gasteiger partial charge in [-0.2, -0.15) is 0 Å². The second kappa shape index (κ2) is 6.86. The highest BCUT2D eigenvalue weighted by Crippen LogP contribution is 2.34. The van der Waals surface area contributed by atoms with Gasteiger partial charge in [0.15, 0.2) is 0 Å². The molecule has 24 heavy (non-hydrogen) atoms. The molecule has 2 atom stereocenters. The molecule has 0 unspecified atom stereocenters. The molecular weight excluding hydrogens is 308 g/mol. The molecule has 1 aliphatic carbocycles. The van der Waals surface area contributed by atoms with Gasteiger partial charge in [-0.3, -0.25) is 19.3 Å². The highest BCUT2D eigenvalue weighted by molar-refractivity contribution is 6.07. The van der Waals surface area contributed by atoms with Gasteiger partial charge in [0, 0.05) is 6.54 Å². The van der Waals surface area contributed by atoms with Crippen molar-refractivity contribution in [2.24, 2.45) is 11.8 Å². The van der Waals surface area contributed by atoms with Gasteiger partial charge in [0.1, 0.15) is 12.3 Å². The lowest BCUT2D eigenvalue weighted by Crippen LogP contribution is -2.40. The van der Waals surface area contributed by atoms with E-state index in [1.807, 2.05) is 36.4 Å². The summed E-state index contributed by atoms with van der Waals surface area (Å²) in [6.07, 6.45) is 5.03. The molecule has 1 aromatic rings. The summed E-state index contributed by atoms with van der Waals surface area (Å²) in [6, 6.07) is 7.33. The van der Waals surface area contributed by atoms with Crippen molar-refractivity contribution in [1.82, 2.24) is 10.2 Å². The van der Waals surface area contributed by atoms with E-state index in [2.05, 4.69) is 5.32 Å². The van der Waals surface area contributed by atoms with Crippen LogP contribution in [0.5, 0.6) is 5.75 Å². The summed E-state index contributed by atoms with van der Waals surface area (Å²) in [6.45, 7) is 0.133. The largest absolute Gasteiger partial charge is 0.497 e. The Morgan fingerprint density at radius 3 is 2.25 bits per heavy atom. The number of hydrogen-bond donors (Lipinski definition) is 1. The quantitative estimate of drug-likeness (QED) is 0.652. The molecule has 2 aliphatic rings. The molecule has 1 N–H and O–H groups in total. The van der Waals surface area contributed by atoms with E-state index in [1.54, 1.807) is 7.11 Å². The Kier molecular flexibility index (Phi) is 4.64. The van der Waals surface area contributed by atoms with Gasteiger partial charge < -0.3 is 10.1 Å². The summed E-state index contributed by atoms with van der Waals surface area (Å²) < 4.78 is 5.08. The molecule has 3 rings (SSSR count). The number of nitrogens with zero attached hydrogens (tertiary/aromatic N) is 1. The SMILES string of the molecule is COc1ccc(CNC(=O)CN2C(=O)[C@H]3CC=CC[C@H]3C2=O)cc1. The van der Waals surface area contributed by atoms with Crippen LogP contribution in [0.4, 0.5) is 0 Å². The number of carbonyl (C=O) groups is 3. The number of fused-ring (bicyclic) bond motifs is 1. The van der Waals surface area contributed by atoms with E-state index in [0.29, 0.717) is 19.4 Å². The predicted molar refractivity (Wildman–Crippen MR) is 86.9 cm³/mol. The Morgan fingerprint density at radius 2 is 1.71 bits per heavy atom. The lowest BCUT2D eigenvalue weighted by atomic mass is 9.85. The fraction of sp³-hybridized carbons (Fsp3) is 0.389. The average Bonchev–Trinajstić information content (AvgIpc) is 2.86. The Balaban J connectivity index is 1.55. The van der Waals surface area contributed by atoms with Crippen molar-refractivity contribution in [1.29, 1.82) is 0 Å². The number of benzene rings is 1. The van der Waals surface area contributed by atoms with Crippen LogP contribution in [0.15, 0.2) is 36.4 Å². The number of amides is 3. The maximum absolute atomic E-state index is 12.3. The van der Waals surface area contributed by atoms with Crippen molar-refractivity contribution < 1.29 is 19.1 Å². The van der Waals surface area contributed by atoms with Gasteiger partial charge in [-0.25, -0.2) is 0 Å². The van der Waals surface area contributed by atoms with Gasteiger partial charge >= 0.3 is 0 Å². The van der Waals surface area contributed by atoms with Crippen LogP contribution in [0.3, 0.4) is 0 Å². The lowest BCUT2D eigenvalue weighted by molar-refractivity contribution is -0.143. The van der Waals surface area contributed by atoms with Gasteiger partial charge in [-0.05, 0) is 30.5 Å². The Labute approximate surface area is 140 Å². The van der Waals surface area contributed by atoms with E-state index in [-0.39, 0.29) is 36.1 Å². The standard InChI is InChI=1S/C18H20N2O4/c1-24-13-8-6-12(7-9-13)10-19-16(21)11-20-17(22)14-4-2-3-5-15(14)18(20)23/h2-3,6-9,14-15H,4-5,10-11H2,1H3,(H,19,21)/t14-,15+. The van der Waals surface area contributed by atoms with Gasteiger partial charge in [0.2, 0.25) is 17.7 Å². The number of nitrogens with one attached hydrogen (secondary N) is 1. The summed E-state index contributed by atoms with van der Waals surface area (Å²) >= 11 is 0. The van der Waals surface area contributed by atoms with Crippen LogP contribution in [-0.4, -0.2) is 36.3 Å². The third kappa shape index (κ3) is 3.18. The number of likely N-dealkylation sites (tertiary alicyclic amines) is 1. The zero-order chi connectivity index (χ0) is 17.1. The van der Waals surface area contributed by atoms with Crippen LogP contribution in [0.25, 0.3) is 0 Å². The predicted octanol–water partition coefficient (Wildman–Crippen LogP) is 1.26. The number of ether oxygens (including phenoxy) is 1. The molecule has 126 valence electrons. The molecule has 1 saturated heterocycles.